The largest absolute Gasteiger partial charge is 0.335 e. The van der Waals surface area contributed by atoms with Crippen LogP contribution in [0.3, 0.4) is 0 Å². The highest BCUT2D eigenvalue weighted by molar-refractivity contribution is 6.27. The third-order valence-corrected chi connectivity index (χ3v) is 5.17. The van der Waals surface area contributed by atoms with E-state index in [1.165, 1.54) is 0 Å². The number of hydrogen-bond acceptors (Lipinski definition) is 3. The number of nitrogens with one attached hydrogen (secondary N) is 1. The zero-order chi connectivity index (χ0) is 19.7. The molecule has 0 unspecified atom stereocenters. The molecule has 3 aromatic carbocycles. The Morgan fingerprint density at radius 3 is 2.36 bits per heavy atom. The van der Waals surface area contributed by atoms with E-state index in [0.717, 1.165) is 33.2 Å². The first-order valence-electron chi connectivity index (χ1n) is 9.33. The van der Waals surface area contributed by atoms with Crippen LogP contribution < -0.4 is 10.2 Å². The first-order chi connectivity index (χ1) is 13.6. The third-order valence-electron chi connectivity index (χ3n) is 5.17. The van der Waals surface area contributed by atoms with Crippen LogP contribution in [0.5, 0.6) is 0 Å². The maximum absolute atomic E-state index is 13.1. The third kappa shape index (κ3) is 3.16. The van der Waals surface area contributed by atoms with Gasteiger partial charge in [-0.3, -0.25) is 14.9 Å². The van der Waals surface area contributed by atoms with Gasteiger partial charge in [0, 0.05) is 0 Å². The molecule has 1 aliphatic rings. The molecule has 4 amide bonds. The van der Waals surface area contributed by atoms with Crippen molar-refractivity contribution in [2.75, 3.05) is 4.90 Å². The number of aryl methyl sites for hydroxylation is 1. The molecule has 0 spiro atoms. The smallest absolute Gasteiger partial charge is 0.277 e. The summed E-state index contributed by atoms with van der Waals surface area (Å²) in [4.78, 5) is 39.0. The number of carbonyl (C=O) groups is 3. The van der Waals surface area contributed by atoms with Gasteiger partial charge in [0.1, 0.15) is 5.92 Å². The van der Waals surface area contributed by atoms with Crippen molar-refractivity contribution in [1.29, 1.82) is 0 Å². The number of imide groups is 2. The SMILES string of the molecule is CCc1ccc(N2C(=O)NC(=O)[C@H](Cc3cccc4ccccc34)C2=O)cc1. The summed E-state index contributed by atoms with van der Waals surface area (Å²) in [5.74, 6) is -2.00. The van der Waals surface area contributed by atoms with Gasteiger partial charge in [0.2, 0.25) is 11.8 Å². The minimum Gasteiger partial charge on any atom is -0.277 e. The van der Waals surface area contributed by atoms with E-state index in [1.807, 2.05) is 61.5 Å². The molecular formula is C23H20N2O3. The molecule has 28 heavy (non-hydrogen) atoms. The molecule has 0 bridgehead atoms. The normalized spacial score (nSPS) is 17.1. The van der Waals surface area contributed by atoms with Gasteiger partial charge >= 0.3 is 6.03 Å². The number of barbiturate groups is 1. The molecule has 0 radical (unpaired) electrons. The Labute approximate surface area is 163 Å². The topological polar surface area (TPSA) is 66.5 Å². The molecule has 1 fully saturated rings. The van der Waals surface area contributed by atoms with Gasteiger partial charge in [-0.05, 0) is 46.9 Å². The van der Waals surface area contributed by atoms with Gasteiger partial charge in [-0.15, -0.1) is 0 Å². The van der Waals surface area contributed by atoms with Gasteiger partial charge in [-0.2, -0.15) is 0 Å². The molecule has 1 heterocycles. The van der Waals surface area contributed by atoms with E-state index in [9.17, 15) is 14.4 Å². The highest BCUT2D eigenvalue weighted by Crippen LogP contribution is 2.26. The molecule has 4 rings (SSSR count). The van der Waals surface area contributed by atoms with Crippen molar-refractivity contribution < 1.29 is 14.4 Å². The van der Waals surface area contributed by atoms with Crippen LogP contribution >= 0.6 is 0 Å². The first-order valence-corrected chi connectivity index (χ1v) is 9.33. The second-order valence-corrected chi connectivity index (χ2v) is 6.88. The molecule has 0 aliphatic carbocycles. The van der Waals surface area contributed by atoms with Crippen LogP contribution in [0.1, 0.15) is 18.1 Å². The number of amides is 4. The van der Waals surface area contributed by atoms with E-state index < -0.39 is 23.8 Å². The highest BCUT2D eigenvalue weighted by atomic mass is 16.2. The van der Waals surface area contributed by atoms with Crippen molar-refractivity contribution >= 4 is 34.3 Å². The van der Waals surface area contributed by atoms with Gasteiger partial charge in [-0.25, -0.2) is 9.69 Å². The summed E-state index contributed by atoms with van der Waals surface area (Å²) in [5.41, 5.74) is 2.48. The number of nitrogens with zero attached hydrogens (tertiary/aromatic N) is 1. The second kappa shape index (κ2) is 7.27. The average molecular weight is 372 g/mol. The Hall–Kier alpha value is -3.47. The summed E-state index contributed by atoms with van der Waals surface area (Å²) in [6.07, 6.45) is 1.10. The lowest BCUT2D eigenvalue weighted by atomic mass is 9.92. The maximum atomic E-state index is 13.1. The molecule has 0 saturated carbocycles. The zero-order valence-corrected chi connectivity index (χ0v) is 15.5. The number of urea groups is 1. The quantitative estimate of drug-likeness (QED) is 0.708. The number of anilines is 1. The lowest BCUT2D eigenvalue weighted by molar-refractivity contribution is -0.134. The molecule has 5 nitrogen and oxygen atoms in total. The molecule has 140 valence electrons. The zero-order valence-electron chi connectivity index (χ0n) is 15.5. The van der Waals surface area contributed by atoms with Gasteiger partial charge < -0.3 is 0 Å². The van der Waals surface area contributed by atoms with Crippen molar-refractivity contribution in [3.05, 3.63) is 77.9 Å². The van der Waals surface area contributed by atoms with E-state index in [0.29, 0.717) is 5.69 Å². The number of rotatable bonds is 4. The van der Waals surface area contributed by atoms with Crippen LogP contribution in [0, 0.1) is 5.92 Å². The van der Waals surface area contributed by atoms with Crippen molar-refractivity contribution in [2.45, 2.75) is 19.8 Å². The summed E-state index contributed by atoms with van der Waals surface area (Å²) in [6.45, 7) is 2.03. The molecule has 1 N–H and O–H groups in total. The predicted molar refractivity (Wildman–Crippen MR) is 108 cm³/mol. The van der Waals surface area contributed by atoms with Gasteiger partial charge in [0.15, 0.2) is 0 Å². The van der Waals surface area contributed by atoms with E-state index in [2.05, 4.69) is 5.32 Å². The Kier molecular flexibility index (Phi) is 4.65. The molecule has 1 atom stereocenters. The average Bonchev–Trinajstić information content (AvgIpc) is 2.71. The Morgan fingerprint density at radius 2 is 1.61 bits per heavy atom. The van der Waals surface area contributed by atoms with Crippen molar-refractivity contribution in [3.8, 4) is 0 Å². The monoisotopic (exact) mass is 372 g/mol. The molecule has 1 saturated heterocycles. The first kappa shape index (κ1) is 17.9. The Morgan fingerprint density at radius 1 is 0.893 bits per heavy atom. The fraction of sp³-hybridized carbons (Fsp3) is 0.174. The van der Waals surface area contributed by atoms with Crippen LogP contribution in [0.2, 0.25) is 0 Å². The lowest BCUT2D eigenvalue weighted by Gasteiger charge is -2.30. The Balaban J connectivity index is 1.67. The van der Waals surface area contributed by atoms with Crippen LogP contribution in [-0.4, -0.2) is 17.8 Å². The highest BCUT2D eigenvalue weighted by Gasteiger charge is 2.41. The molecule has 1 aliphatic heterocycles. The molecule has 3 aromatic rings. The Bertz CT molecular complexity index is 1070. The van der Waals surface area contributed by atoms with Crippen molar-refractivity contribution in [1.82, 2.24) is 5.32 Å². The molecular weight excluding hydrogens is 352 g/mol. The van der Waals surface area contributed by atoms with Gasteiger partial charge in [0.05, 0.1) is 5.69 Å². The van der Waals surface area contributed by atoms with E-state index >= 15 is 0 Å². The fourth-order valence-electron chi connectivity index (χ4n) is 3.61. The minimum absolute atomic E-state index is 0.239. The van der Waals surface area contributed by atoms with E-state index in [-0.39, 0.29) is 6.42 Å². The number of benzene rings is 3. The van der Waals surface area contributed by atoms with Crippen LogP contribution in [0.15, 0.2) is 66.7 Å². The van der Waals surface area contributed by atoms with E-state index in [4.69, 9.17) is 0 Å². The van der Waals surface area contributed by atoms with Crippen LogP contribution in [0.4, 0.5) is 10.5 Å². The molecule has 5 heteroatoms. The standard InChI is InChI=1S/C23H20N2O3/c1-2-15-10-12-18(13-11-15)25-22(27)20(21(26)24-23(25)28)14-17-8-5-7-16-6-3-4-9-19(16)17/h3-13,20H,2,14H2,1H3,(H,24,26,28)/t20-/m0/s1. The summed E-state index contributed by atoms with van der Waals surface area (Å²) < 4.78 is 0. The van der Waals surface area contributed by atoms with Gasteiger partial charge in [0.25, 0.3) is 0 Å². The van der Waals surface area contributed by atoms with Crippen LogP contribution in [-0.2, 0) is 22.4 Å². The summed E-state index contributed by atoms with van der Waals surface area (Å²) in [6, 6.07) is 20.2. The van der Waals surface area contributed by atoms with Crippen LogP contribution in [0.25, 0.3) is 10.8 Å². The lowest BCUT2D eigenvalue weighted by Crippen LogP contribution is -2.58. The fourth-order valence-corrected chi connectivity index (χ4v) is 3.61. The number of carbonyl (C=O) groups excluding carboxylic acids is 3. The minimum atomic E-state index is -0.950. The number of hydrogen-bond donors (Lipinski definition) is 1. The molecule has 0 aromatic heterocycles. The number of fused-ring (bicyclic) bond motifs is 1. The van der Waals surface area contributed by atoms with Crippen molar-refractivity contribution in [3.63, 3.8) is 0 Å². The summed E-state index contributed by atoms with van der Waals surface area (Å²) in [7, 11) is 0. The predicted octanol–water partition coefficient (Wildman–Crippen LogP) is 3.84. The summed E-state index contributed by atoms with van der Waals surface area (Å²) >= 11 is 0. The van der Waals surface area contributed by atoms with E-state index in [1.54, 1.807) is 12.1 Å². The van der Waals surface area contributed by atoms with Crippen molar-refractivity contribution in [2.24, 2.45) is 5.92 Å². The summed E-state index contributed by atoms with van der Waals surface area (Å²) in [5, 5.41) is 4.38. The maximum Gasteiger partial charge on any atom is 0.335 e. The second-order valence-electron chi connectivity index (χ2n) is 6.88. The van der Waals surface area contributed by atoms with Gasteiger partial charge in [-0.1, -0.05) is 61.5 Å².